The summed E-state index contributed by atoms with van der Waals surface area (Å²) in [7, 11) is 0. The highest BCUT2D eigenvalue weighted by atomic mass is 19.4. The Bertz CT molecular complexity index is 529. The zero-order chi connectivity index (χ0) is 16.0. The van der Waals surface area contributed by atoms with Crippen molar-refractivity contribution in [1.82, 2.24) is 4.90 Å². The largest absolute Gasteiger partial charge is 0.401 e. The molecule has 6 heteroatoms. The summed E-state index contributed by atoms with van der Waals surface area (Å²) in [5.41, 5.74) is 0.784. The van der Waals surface area contributed by atoms with Crippen molar-refractivity contribution in [3.63, 3.8) is 0 Å². The van der Waals surface area contributed by atoms with E-state index in [9.17, 15) is 17.6 Å². The summed E-state index contributed by atoms with van der Waals surface area (Å²) in [5.74, 6) is 4.42. The molecule has 116 valence electrons. The van der Waals surface area contributed by atoms with Gasteiger partial charge >= 0.3 is 6.18 Å². The van der Waals surface area contributed by atoms with Gasteiger partial charge in [0.25, 0.3) is 0 Å². The van der Waals surface area contributed by atoms with Crippen molar-refractivity contribution >= 4 is 0 Å². The van der Waals surface area contributed by atoms with Crippen LogP contribution in [0.4, 0.5) is 17.6 Å². The molecule has 0 aromatic heterocycles. The molecule has 0 spiro atoms. The summed E-state index contributed by atoms with van der Waals surface area (Å²) >= 11 is 0. The molecule has 0 bridgehead atoms. The maximum Gasteiger partial charge on any atom is 0.401 e. The number of halogens is 4. The Morgan fingerprint density at radius 1 is 1.29 bits per heavy atom. The summed E-state index contributed by atoms with van der Waals surface area (Å²) in [6.45, 7) is 1.89. The summed E-state index contributed by atoms with van der Waals surface area (Å²) < 4.78 is 50.9. The number of aliphatic hydroxyl groups excluding tert-OH is 1. The third-order valence-electron chi connectivity index (χ3n) is 2.86. The van der Waals surface area contributed by atoms with E-state index in [1.165, 1.54) is 17.0 Å². The molecule has 0 amide bonds. The van der Waals surface area contributed by atoms with Crippen LogP contribution < -0.4 is 0 Å². The van der Waals surface area contributed by atoms with E-state index in [0.29, 0.717) is 5.56 Å². The quantitative estimate of drug-likeness (QED) is 0.683. The lowest BCUT2D eigenvalue weighted by atomic mass is 10.1. The Hall–Kier alpha value is -1.58. The molecule has 0 aliphatic rings. The van der Waals surface area contributed by atoms with Gasteiger partial charge in [-0.25, -0.2) is 4.39 Å². The van der Waals surface area contributed by atoms with Crippen molar-refractivity contribution in [2.45, 2.75) is 32.6 Å². The second-order valence-electron chi connectivity index (χ2n) is 4.88. The van der Waals surface area contributed by atoms with Gasteiger partial charge in [-0.1, -0.05) is 17.9 Å². The topological polar surface area (TPSA) is 23.5 Å². The molecule has 0 saturated heterocycles. The van der Waals surface area contributed by atoms with Gasteiger partial charge in [0.1, 0.15) is 12.4 Å². The monoisotopic (exact) mass is 303 g/mol. The fourth-order valence-corrected chi connectivity index (χ4v) is 1.81. The van der Waals surface area contributed by atoms with Gasteiger partial charge in [0.15, 0.2) is 0 Å². The molecule has 0 fully saturated rings. The number of alkyl halides is 3. The van der Waals surface area contributed by atoms with E-state index >= 15 is 0 Å². The number of aliphatic hydroxyl groups is 1. The van der Waals surface area contributed by atoms with Crippen LogP contribution in [-0.2, 0) is 6.54 Å². The first-order valence-electron chi connectivity index (χ1n) is 6.42. The van der Waals surface area contributed by atoms with Crippen LogP contribution in [0.3, 0.4) is 0 Å². The molecule has 0 aliphatic heterocycles. The number of benzene rings is 1. The van der Waals surface area contributed by atoms with Crippen molar-refractivity contribution in [3.05, 3.63) is 35.1 Å². The minimum Gasteiger partial charge on any atom is -0.384 e. The molecule has 2 nitrogen and oxygen atoms in total. The highest BCUT2D eigenvalue weighted by molar-refractivity contribution is 5.41. The Morgan fingerprint density at radius 2 is 1.95 bits per heavy atom. The van der Waals surface area contributed by atoms with Crippen LogP contribution in [0.15, 0.2) is 18.2 Å². The van der Waals surface area contributed by atoms with Gasteiger partial charge in [-0.3, -0.25) is 4.90 Å². The van der Waals surface area contributed by atoms with Gasteiger partial charge in [0, 0.05) is 18.2 Å². The third-order valence-corrected chi connectivity index (χ3v) is 2.86. The molecular formula is C15H17F4NO. The predicted octanol–water partition coefficient (Wildman–Crippen LogP) is 2.94. The number of hydrogen-bond donors (Lipinski definition) is 1. The van der Waals surface area contributed by atoms with Crippen LogP contribution >= 0.6 is 0 Å². The number of hydrogen-bond acceptors (Lipinski definition) is 2. The van der Waals surface area contributed by atoms with Crippen LogP contribution in [0, 0.1) is 17.7 Å². The van der Waals surface area contributed by atoms with Crippen LogP contribution in [0.1, 0.15) is 25.0 Å². The molecule has 0 radical (unpaired) electrons. The third kappa shape index (κ3) is 6.15. The van der Waals surface area contributed by atoms with Crippen molar-refractivity contribution in [1.29, 1.82) is 0 Å². The van der Waals surface area contributed by atoms with Crippen LogP contribution in [0.25, 0.3) is 0 Å². The average Bonchev–Trinajstić information content (AvgIpc) is 2.36. The molecule has 0 atom stereocenters. The summed E-state index contributed by atoms with van der Waals surface area (Å²) in [4.78, 5) is 1.23. The summed E-state index contributed by atoms with van der Waals surface area (Å²) in [6.07, 6.45) is -4.30. The van der Waals surface area contributed by atoms with Crippen molar-refractivity contribution in [2.75, 3.05) is 13.2 Å². The molecule has 0 saturated carbocycles. The normalized spacial score (nSPS) is 11.7. The highest BCUT2D eigenvalue weighted by Gasteiger charge is 2.31. The molecule has 0 heterocycles. The standard InChI is InChI=1S/C15H17F4NO/c1-11(2)20(10-15(17,18)19)9-13-5-6-14(16)8-12(13)4-3-7-21/h5-6,8,11,21H,7,9-10H2,1-2H3. The van der Waals surface area contributed by atoms with Crippen LogP contribution in [0.5, 0.6) is 0 Å². The van der Waals surface area contributed by atoms with Crippen LogP contribution in [0.2, 0.25) is 0 Å². The molecule has 21 heavy (non-hydrogen) atoms. The first kappa shape index (κ1) is 17.5. The van der Waals surface area contributed by atoms with Crippen LogP contribution in [-0.4, -0.2) is 35.4 Å². The van der Waals surface area contributed by atoms with E-state index in [4.69, 9.17) is 5.11 Å². The van der Waals surface area contributed by atoms with Crippen molar-refractivity contribution in [2.24, 2.45) is 0 Å². The number of nitrogens with zero attached hydrogens (tertiary/aromatic N) is 1. The smallest absolute Gasteiger partial charge is 0.384 e. The van der Waals surface area contributed by atoms with E-state index in [1.807, 2.05) is 0 Å². The van der Waals surface area contributed by atoms with E-state index in [2.05, 4.69) is 11.8 Å². The second-order valence-corrected chi connectivity index (χ2v) is 4.88. The molecule has 1 aromatic rings. The minimum atomic E-state index is -4.30. The zero-order valence-corrected chi connectivity index (χ0v) is 11.8. The Kier molecular flexibility index (Phi) is 6.19. The Labute approximate surface area is 121 Å². The zero-order valence-electron chi connectivity index (χ0n) is 11.8. The van der Waals surface area contributed by atoms with Gasteiger partial charge < -0.3 is 5.11 Å². The molecule has 0 unspecified atom stereocenters. The second kappa shape index (κ2) is 7.43. The lowest BCUT2D eigenvalue weighted by molar-refractivity contribution is -0.150. The number of rotatable bonds is 4. The van der Waals surface area contributed by atoms with E-state index in [1.54, 1.807) is 13.8 Å². The molecule has 0 aliphatic carbocycles. The molecule has 1 aromatic carbocycles. The molecule has 1 N–H and O–H groups in total. The highest BCUT2D eigenvalue weighted by Crippen LogP contribution is 2.21. The SMILES string of the molecule is CC(C)N(Cc1ccc(F)cc1C#CCO)CC(F)(F)F. The van der Waals surface area contributed by atoms with E-state index in [0.717, 1.165) is 6.07 Å². The Balaban J connectivity index is 3.03. The van der Waals surface area contributed by atoms with Gasteiger partial charge in [-0.2, -0.15) is 13.2 Å². The van der Waals surface area contributed by atoms with Gasteiger partial charge in [-0.05, 0) is 31.5 Å². The van der Waals surface area contributed by atoms with Gasteiger partial charge in [0.05, 0.1) is 6.54 Å². The predicted molar refractivity (Wildman–Crippen MR) is 72.0 cm³/mol. The summed E-state index contributed by atoms with van der Waals surface area (Å²) in [6, 6.07) is 3.44. The lowest BCUT2D eigenvalue weighted by Gasteiger charge is -2.27. The Morgan fingerprint density at radius 3 is 2.48 bits per heavy atom. The lowest BCUT2D eigenvalue weighted by Crippen LogP contribution is -2.38. The average molecular weight is 303 g/mol. The maximum atomic E-state index is 13.2. The fourth-order valence-electron chi connectivity index (χ4n) is 1.81. The first-order valence-corrected chi connectivity index (χ1v) is 6.42. The minimum absolute atomic E-state index is 0.00684. The maximum absolute atomic E-state index is 13.2. The van der Waals surface area contributed by atoms with E-state index < -0.39 is 25.1 Å². The van der Waals surface area contributed by atoms with Gasteiger partial charge in [-0.15, -0.1) is 0 Å². The van der Waals surface area contributed by atoms with E-state index in [-0.39, 0.29) is 18.2 Å². The van der Waals surface area contributed by atoms with Gasteiger partial charge in [0.2, 0.25) is 0 Å². The first-order chi connectivity index (χ1) is 9.73. The fraction of sp³-hybridized carbons (Fsp3) is 0.467. The molecular weight excluding hydrogens is 286 g/mol. The molecule has 1 rings (SSSR count). The summed E-state index contributed by atoms with van der Waals surface area (Å²) in [5, 5.41) is 8.68. The van der Waals surface area contributed by atoms with Crippen molar-refractivity contribution < 1.29 is 22.7 Å². The van der Waals surface area contributed by atoms with Crippen molar-refractivity contribution in [3.8, 4) is 11.8 Å².